The normalized spacial score (nSPS) is 67.6. The fraction of sp³-hybridized carbons (Fsp3) is 1.00. The maximum Gasteiger partial charge on any atom is 0.0574 e. The summed E-state index contributed by atoms with van der Waals surface area (Å²) in [5.74, 6) is 5.79. The standard InChI is InChI=1S/C12H18O/c13-10-5-8-4-9(10)12-7-2-1-6(3-7)11(8)12/h6-13H,1-5H2/t6-,7+,8-,9+,10+,11+,12-/m0/s1. The molecule has 4 saturated carbocycles. The van der Waals surface area contributed by atoms with Crippen LogP contribution < -0.4 is 0 Å². The monoisotopic (exact) mass is 178 g/mol. The van der Waals surface area contributed by atoms with E-state index in [0.717, 1.165) is 41.9 Å². The second kappa shape index (κ2) is 2.13. The van der Waals surface area contributed by atoms with Gasteiger partial charge in [0.1, 0.15) is 0 Å². The molecule has 0 amide bonds. The number of hydrogen-bond acceptors (Lipinski definition) is 1. The molecule has 0 spiro atoms. The van der Waals surface area contributed by atoms with Crippen molar-refractivity contribution in [2.45, 2.75) is 38.2 Å². The van der Waals surface area contributed by atoms with Crippen LogP contribution in [0.2, 0.25) is 0 Å². The Morgan fingerprint density at radius 1 is 0.769 bits per heavy atom. The maximum absolute atomic E-state index is 9.89. The first-order valence-electron chi connectivity index (χ1n) is 6.02. The third kappa shape index (κ3) is 0.707. The van der Waals surface area contributed by atoms with Crippen LogP contribution in [-0.4, -0.2) is 11.2 Å². The minimum absolute atomic E-state index is 0.0885. The van der Waals surface area contributed by atoms with Gasteiger partial charge in [-0.05, 0) is 67.6 Å². The van der Waals surface area contributed by atoms with E-state index in [1.165, 1.54) is 25.7 Å². The van der Waals surface area contributed by atoms with Crippen LogP contribution in [0.5, 0.6) is 0 Å². The Morgan fingerprint density at radius 2 is 1.54 bits per heavy atom. The SMILES string of the molecule is O[C@@H]1C[C@@H]2C[C@H]1[C@@H]1[C@@H]3CC[C@@H](C3)[C@H]21. The topological polar surface area (TPSA) is 20.2 Å². The Morgan fingerprint density at radius 3 is 2.38 bits per heavy atom. The van der Waals surface area contributed by atoms with Gasteiger partial charge in [-0.25, -0.2) is 0 Å². The summed E-state index contributed by atoms with van der Waals surface area (Å²) in [6, 6.07) is 0. The first-order chi connectivity index (χ1) is 6.34. The zero-order valence-electron chi connectivity index (χ0n) is 8.02. The van der Waals surface area contributed by atoms with Gasteiger partial charge in [0.25, 0.3) is 0 Å². The molecule has 4 rings (SSSR count). The molecule has 4 fully saturated rings. The lowest BCUT2D eigenvalue weighted by Gasteiger charge is -2.36. The molecular formula is C12H18O. The highest BCUT2D eigenvalue weighted by Crippen LogP contribution is 2.67. The molecule has 0 heterocycles. The van der Waals surface area contributed by atoms with Gasteiger partial charge in [-0.2, -0.15) is 0 Å². The van der Waals surface area contributed by atoms with Crippen LogP contribution in [0.25, 0.3) is 0 Å². The van der Waals surface area contributed by atoms with Crippen molar-refractivity contribution in [1.82, 2.24) is 0 Å². The number of aliphatic hydroxyl groups is 1. The van der Waals surface area contributed by atoms with Gasteiger partial charge in [0, 0.05) is 0 Å². The molecular weight excluding hydrogens is 160 g/mol. The van der Waals surface area contributed by atoms with E-state index >= 15 is 0 Å². The van der Waals surface area contributed by atoms with E-state index < -0.39 is 0 Å². The zero-order valence-corrected chi connectivity index (χ0v) is 8.02. The molecule has 4 aliphatic carbocycles. The van der Waals surface area contributed by atoms with Gasteiger partial charge < -0.3 is 5.11 Å². The van der Waals surface area contributed by atoms with Crippen LogP contribution in [0.3, 0.4) is 0 Å². The Balaban J connectivity index is 1.75. The van der Waals surface area contributed by atoms with Crippen molar-refractivity contribution in [3.63, 3.8) is 0 Å². The molecule has 0 saturated heterocycles. The molecule has 1 nitrogen and oxygen atoms in total. The van der Waals surface area contributed by atoms with Crippen molar-refractivity contribution in [1.29, 1.82) is 0 Å². The van der Waals surface area contributed by atoms with E-state index in [1.807, 2.05) is 0 Å². The third-order valence-electron chi connectivity index (χ3n) is 5.70. The van der Waals surface area contributed by atoms with Crippen LogP contribution in [0, 0.1) is 35.5 Å². The minimum Gasteiger partial charge on any atom is -0.393 e. The summed E-state index contributed by atoms with van der Waals surface area (Å²) in [6.45, 7) is 0. The van der Waals surface area contributed by atoms with Gasteiger partial charge in [-0.1, -0.05) is 0 Å². The maximum atomic E-state index is 9.89. The molecule has 0 aromatic rings. The lowest BCUT2D eigenvalue weighted by molar-refractivity contribution is 0.0291. The molecule has 7 atom stereocenters. The largest absolute Gasteiger partial charge is 0.393 e. The van der Waals surface area contributed by atoms with Crippen molar-refractivity contribution in [3.8, 4) is 0 Å². The summed E-state index contributed by atoms with van der Waals surface area (Å²) in [5, 5.41) is 9.89. The predicted octanol–water partition coefficient (Wildman–Crippen LogP) is 2.05. The summed E-state index contributed by atoms with van der Waals surface area (Å²) in [4.78, 5) is 0. The minimum atomic E-state index is 0.0885. The van der Waals surface area contributed by atoms with E-state index in [0.29, 0.717) is 0 Å². The highest BCUT2D eigenvalue weighted by molar-refractivity contribution is 5.10. The van der Waals surface area contributed by atoms with Crippen molar-refractivity contribution in [3.05, 3.63) is 0 Å². The average Bonchev–Trinajstić information content (AvgIpc) is 2.78. The van der Waals surface area contributed by atoms with Crippen LogP contribution >= 0.6 is 0 Å². The van der Waals surface area contributed by atoms with Crippen molar-refractivity contribution in [2.24, 2.45) is 35.5 Å². The molecule has 0 aromatic carbocycles. The summed E-state index contributed by atoms with van der Waals surface area (Å²) in [7, 11) is 0. The van der Waals surface area contributed by atoms with Gasteiger partial charge >= 0.3 is 0 Å². The summed E-state index contributed by atoms with van der Waals surface area (Å²) < 4.78 is 0. The van der Waals surface area contributed by atoms with E-state index in [2.05, 4.69) is 0 Å². The quantitative estimate of drug-likeness (QED) is 0.563. The fourth-order valence-corrected chi connectivity index (χ4v) is 5.53. The molecule has 0 aliphatic heterocycles. The molecule has 4 bridgehead atoms. The van der Waals surface area contributed by atoms with Crippen LogP contribution in [-0.2, 0) is 0 Å². The number of fused-ring (bicyclic) bond motifs is 9. The smallest absolute Gasteiger partial charge is 0.0574 e. The molecule has 72 valence electrons. The van der Waals surface area contributed by atoms with Gasteiger partial charge in [-0.3, -0.25) is 0 Å². The van der Waals surface area contributed by atoms with Gasteiger partial charge in [0.05, 0.1) is 6.10 Å². The Hall–Kier alpha value is -0.0400. The highest BCUT2D eigenvalue weighted by Gasteiger charge is 2.61. The molecule has 0 unspecified atom stereocenters. The summed E-state index contributed by atoms with van der Waals surface area (Å²) in [6.07, 6.45) is 7.14. The van der Waals surface area contributed by atoms with E-state index in [-0.39, 0.29) is 6.10 Å². The number of aliphatic hydroxyl groups excluding tert-OH is 1. The lowest BCUT2D eigenvalue weighted by atomic mass is 9.70. The summed E-state index contributed by atoms with van der Waals surface area (Å²) >= 11 is 0. The molecule has 4 aliphatic rings. The first-order valence-corrected chi connectivity index (χ1v) is 6.02. The van der Waals surface area contributed by atoms with Gasteiger partial charge in [0.15, 0.2) is 0 Å². The second-order valence-corrected chi connectivity index (χ2v) is 5.95. The number of rotatable bonds is 0. The Bertz CT molecular complexity index is 250. The van der Waals surface area contributed by atoms with Crippen molar-refractivity contribution in [2.75, 3.05) is 0 Å². The zero-order chi connectivity index (χ0) is 8.58. The molecule has 0 aromatic heterocycles. The second-order valence-electron chi connectivity index (χ2n) is 5.95. The molecule has 13 heavy (non-hydrogen) atoms. The Kier molecular flexibility index (Phi) is 1.19. The van der Waals surface area contributed by atoms with Gasteiger partial charge in [0.2, 0.25) is 0 Å². The van der Waals surface area contributed by atoms with E-state index in [9.17, 15) is 5.11 Å². The molecule has 0 radical (unpaired) electrons. The molecule has 1 N–H and O–H groups in total. The van der Waals surface area contributed by atoms with Crippen LogP contribution in [0.15, 0.2) is 0 Å². The van der Waals surface area contributed by atoms with Crippen molar-refractivity contribution < 1.29 is 5.11 Å². The Labute approximate surface area is 79.5 Å². The highest BCUT2D eigenvalue weighted by atomic mass is 16.3. The van der Waals surface area contributed by atoms with Crippen LogP contribution in [0.4, 0.5) is 0 Å². The van der Waals surface area contributed by atoms with Crippen LogP contribution in [0.1, 0.15) is 32.1 Å². The lowest BCUT2D eigenvalue weighted by Crippen LogP contribution is -2.34. The fourth-order valence-electron chi connectivity index (χ4n) is 5.53. The molecule has 1 heteroatoms. The predicted molar refractivity (Wildman–Crippen MR) is 50.0 cm³/mol. The third-order valence-corrected chi connectivity index (χ3v) is 5.70. The van der Waals surface area contributed by atoms with E-state index in [1.54, 1.807) is 0 Å². The first kappa shape index (κ1) is 7.28. The average molecular weight is 178 g/mol. The van der Waals surface area contributed by atoms with Gasteiger partial charge in [-0.15, -0.1) is 0 Å². The summed E-state index contributed by atoms with van der Waals surface area (Å²) in [5.41, 5.74) is 0. The van der Waals surface area contributed by atoms with E-state index in [4.69, 9.17) is 0 Å². The van der Waals surface area contributed by atoms with Crippen molar-refractivity contribution >= 4 is 0 Å². The number of hydrogen-bond donors (Lipinski definition) is 1.